The number of amides is 1. The third-order valence-electron chi connectivity index (χ3n) is 4.21. The summed E-state index contributed by atoms with van der Waals surface area (Å²) in [7, 11) is 1.58. The zero-order valence-corrected chi connectivity index (χ0v) is 19.7. The van der Waals surface area contributed by atoms with Gasteiger partial charge in [0.25, 0.3) is 5.91 Å². The van der Waals surface area contributed by atoms with Crippen molar-refractivity contribution in [1.82, 2.24) is 5.43 Å². The van der Waals surface area contributed by atoms with Gasteiger partial charge in [0, 0.05) is 16.3 Å². The van der Waals surface area contributed by atoms with Crippen LogP contribution >= 0.6 is 34.2 Å². The van der Waals surface area contributed by atoms with Crippen molar-refractivity contribution in [2.24, 2.45) is 5.10 Å². The van der Waals surface area contributed by atoms with Crippen LogP contribution in [0.2, 0.25) is 5.02 Å². The number of hydrogen-bond acceptors (Lipinski definition) is 5. The van der Waals surface area contributed by atoms with Crippen LogP contribution < -0.4 is 20.2 Å². The molecule has 3 aromatic carbocycles. The van der Waals surface area contributed by atoms with Crippen LogP contribution in [0.1, 0.15) is 11.1 Å². The summed E-state index contributed by atoms with van der Waals surface area (Å²) >= 11 is 8.37. The van der Waals surface area contributed by atoms with Crippen molar-refractivity contribution in [2.75, 3.05) is 19.0 Å². The normalized spacial score (nSPS) is 10.7. The average Bonchev–Trinajstić information content (AvgIpc) is 2.78. The van der Waals surface area contributed by atoms with Gasteiger partial charge in [-0.3, -0.25) is 4.79 Å². The first kappa shape index (κ1) is 22.9. The molecule has 8 heteroatoms. The first-order valence-electron chi connectivity index (χ1n) is 9.41. The van der Waals surface area contributed by atoms with Gasteiger partial charge in [-0.05, 0) is 58.5 Å². The minimum absolute atomic E-state index is 0.122. The van der Waals surface area contributed by atoms with Gasteiger partial charge in [0.1, 0.15) is 6.61 Å². The van der Waals surface area contributed by atoms with Crippen molar-refractivity contribution in [3.8, 4) is 11.5 Å². The van der Waals surface area contributed by atoms with Crippen LogP contribution in [0.5, 0.6) is 11.5 Å². The molecule has 0 aliphatic heterocycles. The number of hydrogen-bond donors (Lipinski definition) is 2. The molecular formula is C23H21ClIN3O3. The van der Waals surface area contributed by atoms with E-state index in [4.69, 9.17) is 21.1 Å². The number of carbonyl (C=O) groups is 1. The second kappa shape index (κ2) is 11.6. The van der Waals surface area contributed by atoms with E-state index in [1.165, 1.54) is 0 Å². The number of carbonyl (C=O) groups excluding carboxylic acids is 1. The summed E-state index contributed by atoms with van der Waals surface area (Å²) in [5.74, 6) is 0.940. The molecule has 0 spiro atoms. The summed E-state index contributed by atoms with van der Waals surface area (Å²) in [5.41, 5.74) is 5.03. The Balaban J connectivity index is 1.59. The number of methoxy groups -OCH3 is 1. The summed E-state index contributed by atoms with van der Waals surface area (Å²) in [6.07, 6.45) is 1.56. The Kier molecular flexibility index (Phi) is 8.54. The molecule has 0 radical (unpaired) electrons. The standard InChI is InChI=1S/C23H21ClIN3O3/c1-30-21-12-16(13-27-28-22(29)14-26-18-8-3-2-4-9-18)11-20(25)23(21)31-15-17-7-5-6-10-19(17)24/h2-13,26H,14-15H2,1H3,(H,28,29)/b27-13-. The first-order chi connectivity index (χ1) is 15.1. The van der Waals surface area contributed by atoms with Crippen LogP contribution in [-0.4, -0.2) is 25.8 Å². The third kappa shape index (κ3) is 6.86. The van der Waals surface area contributed by atoms with Gasteiger partial charge in [-0.1, -0.05) is 48.0 Å². The van der Waals surface area contributed by atoms with Gasteiger partial charge in [0.15, 0.2) is 11.5 Å². The molecule has 0 saturated heterocycles. The highest BCUT2D eigenvalue weighted by molar-refractivity contribution is 14.1. The molecule has 0 heterocycles. The van der Waals surface area contributed by atoms with E-state index in [-0.39, 0.29) is 12.5 Å². The molecule has 3 aromatic rings. The molecule has 3 rings (SSSR count). The lowest BCUT2D eigenvalue weighted by Gasteiger charge is -2.14. The Hall–Kier alpha value is -2.78. The number of anilines is 1. The van der Waals surface area contributed by atoms with E-state index in [1.54, 1.807) is 19.4 Å². The van der Waals surface area contributed by atoms with Crippen molar-refractivity contribution < 1.29 is 14.3 Å². The topological polar surface area (TPSA) is 72.0 Å². The molecule has 2 N–H and O–H groups in total. The van der Waals surface area contributed by atoms with Gasteiger partial charge in [0.2, 0.25) is 0 Å². The smallest absolute Gasteiger partial charge is 0.259 e. The predicted octanol–water partition coefficient (Wildman–Crippen LogP) is 5.09. The van der Waals surface area contributed by atoms with Gasteiger partial charge >= 0.3 is 0 Å². The molecule has 0 atom stereocenters. The highest BCUT2D eigenvalue weighted by Gasteiger charge is 2.12. The summed E-state index contributed by atoms with van der Waals surface area (Å²) in [6.45, 7) is 0.445. The maximum Gasteiger partial charge on any atom is 0.259 e. The highest BCUT2D eigenvalue weighted by Crippen LogP contribution is 2.34. The van der Waals surface area contributed by atoms with Gasteiger partial charge in [0.05, 0.1) is 23.4 Å². The fourth-order valence-electron chi connectivity index (χ4n) is 2.68. The number of rotatable bonds is 9. The zero-order chi connectivity index (χ0) is 22.1. The van der Waals surface area contributed by atoms with Crippen LogP contribution in [0.15, 0.2) is 71.8 Å². The van der Waals surface area contributed by atoms with Crippen LogP contribution in [0.25, 0.3) is 0 Å². The molecule has 0 unspecified atom stereocenters. The van der Waals surface area contributed by atoms with Crippen LogP contribution in [0, 0.1) is 3.57 Å². The predicted molar refractivity (Wildman–Crippen MR) is 132 cm³/mol. The number of benzene rings is 3. The largest absolute Gasteiger partial charge is 0.493 e. The van der Waals surface area contributed by atoms with Crippen LogP contribution in [-0.2, 0) is 11.4 Å². The van der Waals surface area contributed by atoms with Gasteiger partial charge in [-0.25, -0.2) is 5.43 Å². The number of nitrogens with one attached hydrogen (secondary N) is 2. The third-order valence-corrected chi connectivity index (χ3v) is 5.38. The SMILES string of the molecule is COc1cc(/C=N\NC(=O)CNc2ccccc2)cc(I)c1OCc1ccccc1Cl. The van der Waals surface area contributed by atoms with E-state index in [2.05, 4.69) is 38.4 Å². The number of hydrazone groups is 1. The van der Waals surface area contributed by atoms with E-state index in [0.29, 0.717) is 23.1 Å². The number of para-hydroxylation sites is 1. The quantitative estimate of drug-likeness (QED) is 0.222. The van der Waals surface area contributed by atoms with Crippen LogP contribution in [0.4, 0.5) is 5.69 Å². The second-order valence-corrected chi connectivity index (χ2v) is 8.00. The summed E-state index contributed by atoms with van der Waals surface area (Å²) in [6, 6.07) is 20.7. The summed E-state index contributed by atoms with van der Waals surface area (Å²) in [5, 5.41) is 7.70. The van der Waals surface area contributed by atoms with Crippen LogP contribution in [0.3, 0.4) is 0 Å². The molecule has 0 bridgehead atoms. The summed E-state index contributed by atoms with van der Waals surface area (Å²) < 4.78 is 12.3. The number of ether oxygens (including phenoxy) is 2. The number of nitrogens with zero attached hydrogens (tertiary/aromatic N) is 1. The van der Waals surface area contributed by atoms with Gasteiger partial charge in [-0.15, -0.1) is 0 Å². The lowest BCUT2D eigenvalue weighted by Crippen LogP contribution is -2.25. The fourth-order valence-corrected chi connectivity index (χ4v) is 3.65. The Morgan fingerprint density at radius 2 is 1.87 bits per heavy atom. The number of halogens is 2. The maximum absolute atomic E-state index is 12.0. The second-order valence-electron chi connectivity index (χ2n) is 6.43. The molecule has 31 heavy (non-hydrogen) atoms. The molecule has 0 fully saturated rings. The van der Waals surface area contributed by atoms with Crippen molar-refractivity contribution in [2.45, 2.75) is 6.61 Å². The lowest BCUT2D eigenvalue weighted by molar-refractivity contribution is -0.119. The Morgan fingerprint density at radius 3 is 2.61 bits per heavy atom. The van der Waals surface area contributed by atoms with E-state index < -0.39 is 0 Å². The van der Waals surface area contributed by atoms with Crippen molar-refractivity contribution in [3.63, 3.8) is 0 Å². The molecule has 0 aromatic heterocycles. The Morgan fingerprint density at radius 1 is 1.13 bits per heavy atom. The molecular weight excluding hydrogens is 529 g/mol. The van der Waals surface area contributed by atoms with Crippen molar-refractivity contribution in [3.05, 3.63) is 86.4 Å². The Bertz CT molecular complexity index is 1060. The van der Waals surface area contributed by atoms with E-state index >= 15 is 0 Å². The van der Waals surface area contributed by atoms with E-state index in [0.717, 1.165) is 20.4 Å². The maximum atomic E-state index is 12.0. The van der Waals surface area contributed by atoms with E-state index in [9.17, 15) is 4.79 Å². The lowest BCUT2D eigenvalue weighted by atomic mass is 10.2. The first-order valence-corrected chi connectivity index (χ1v) is 10.9. The molecule has 1 amide bonds. The molecule has 0 aliphatic rings. The summed E-state index contributed by atoms with van der Waals surface area (Å²) in [4.78, 5) is 12.0. The average molecular weight is 550 g/mol. The zero-order valence-electron chi connectivity index (χ0n) is 16.8. The van der Waals surface area contributed by atoms with E-state index in [1.807, 2.05) is 60.7 Å². The van der Waals surface area contributed by atoms with Gasteiger partial charge in [-0.2, -0.15) is 5.10 Å². The minimum atomic E-state index is -0.249. The Labute approximate surface area is 199 Å². The minimum Gasteiger partial charge on any atom is -0.493 e. The van der Waals surface area contributed by atoms with Crippen molar-refractivity contribution >= 4 is 52.0 Å². The highest BCUT2D eigenvalue weighted by atomic mass is 127. The molecule has 6 nitrogen and oxygen atoms in total. The molecule has 160 valence electrons. The fraction of sp³-hybridized carbons (Fsp3) is 0.130. The molecule has 0 aliphatic carbocycles. The van der Waals surface area contributed by atoms with Crippen molar-refractivity contribution in [1.29, 1.82) is 0 Å². The molecule has 0 saturated carbocycles. The van der Waals surface area contributed by atoms with Gasteiger partial charge < -0.3 is 14.8 Å². The monoisotopic (exact) mass is 549 g/mol.